The molecule has 0 aliphatic carbocycles. The fourth-order valence-corrected chi connectivity index (χ4v) is 3.31. The topological polar surface area (TPSA) is 104 Å². The zero-order chi connectivity index (χ0) is 17.6. The quantitative estimate of drug-likeness (QED) is 0.528. The molecule has 0 amide bonds. The summed E-state index contributed by atoms with van der Waals surface area (Å²) in [5, 5.41) is 0. The van der Waals surface area contributed by atoms with Crippen LogP contribution in [0.3, 0.4) is 0 Å². The van der Waals surface area contributed by atoms with Gasteiger partial charge in [-0.3, -0.25) is 0 Å². The van der Waals surface area contributed by atoms with Crippen molar-refractivity contribution in [2.75, 3.05) is 26.3 Å². The molecule has 6 nitrogen and oxygen atoms in total. The summed E-state index contributed by atoms with van der Waals surface area (Å²) in [6.45, 7) is 5.78. The third-order valence-electron chi connectivity index (χ3n) is 3.36. The van der Waals surface area contributed by atoms with E-state index in [2.05, 4.69) is 54.0 Å². The minimum absolute atomic E-state index is 0.835. The lowest BCUT2D eigenvalue weighted by molar-refractivity contribution is -2.00. The Hall–Kier alpha value is -1.32. The van der Waals surface area contributed by atoms with E-state index in [-0.39, 0.29) is 0 Å². The van der Waals surface area contributed by atoms with Crippen LogP contribution in [-0.4, -0.2) is 26.3 Å². The van der Waals surface area contributed by atoms with E-state index in [1.807, 2.05) is 11.3 Å². The Bertz CT molecular complexity index is 710. The molecule has 0 unspecified atom stereocenters. The molecule has 2 heterocycles. The third-order valence-corrected chi connectivity index (χ3v) is 4.55. The van der Waals surface area contributed by atoms with E-state index in [0.29, 0.717) is 0 Å². The highest BCUT2D eigenvalue weighted by atomic mass is 35.7. The van der Waals surface area contributed by atoms with Crippen LogP contribution in [0.15, 0.2) is 42.5 Å². The molecule has 8 heteroatoms. The minimum atomic E-state index is -4.94. The van der Waals surface area contributed by atoms with Gasteiger partial charge in [-0.2, -0.15) is 0 Å². The number of hydrogen-bond donors (Lipinski definition) is 0. The normalized spacial score (nSPS) is 14.8. The highest BCUT2D eigenvalue weighted by Gasteiger charge is 2.12. The summed E-state index contributed by atoms with van der Waals surface area (Å²) in [5.41, 5.74) is 2.60. The number of halogens is 1. The van der Waals surface area contributed by atoms with Gasteiger partial charge in [-0.05, 0) is 18.6 Å². The molecule has 24 heavy (non-hydrogen) atoms. The molecule has 130 valence electrons. The molecule has 0 saturated carbocycles. The van der Waals surface area contributed by atoms with Gasteiger partial charge in [0.15, 0.2) is 13.1 Å². The molecule has 1 aromatic carbocycles. The van der Waals surface area contributed by atoms with Crippen molar-refractivity contribution in [1.29, 1.82) is 0 Å². The molecule has 0 N–H and O–H groups in total. The van der Waals surface area contributed by atoms with Crippen LogP contribution in [0.25, 0.3) is 10.4 Å². The highest BCUT2D eigenvalue weighted by Crippen LogP contribution is 2.21. The maximum atomic E-state index is 8.49. The van der Waals surface area contributed by atoms with Crippen LogP contribution < -0.4 is 27.9 Å². The van der Waals surface area contributed by atoms with Crippen molar-refractivity contribution in [2.24, 2.45) is 0 Å². The van der Waals surface area contributed by atoms with Gasteiger partial charge in [0, 0.05) is 10.9 Å². The van der Waals surface area contributed by atoms with Crippen molar-refractivity contribution in [1.82, 2.24) is 4.58 Å². The van der Waals surface area contributed by atoms with Crippen molar-refractivity contribution in [2.45, 2.75) is 6.92 Å². The average molecular weight is 372 g/mol. The van der Waals surface area contributed by atoms with Crippen molar-refractivity contribution < 1.29 is 33.6 Å². The number of nitrogens with zero attached hydrogens (tertiary/aromatic N) is 1. The first kappa shape index (κ1) is 19.0. The fraction of sp³-hybridized carbons (Fsp3) is 0.312. The minimum Gasteiger partial charge on any atom is -0.368 e. The average Bonchev–Trinajstić information content (AvgIpc) is 2.55. The zero-order valence-electron chi connectivity index (χ0n) is 13.1. The van der Waals surface area contributed by atoms with Crippen LogP contribution in [0.5, 0.6) is 0 Å². The van der Waals surface area contributed by atoms with Gasteiger partial charge in [0.2, 0.25) is 0 Å². The molecule has 0 spiro atoms. The molecule has 1 aliphatic heterocycles. The molecule has 1 fully saturated rings. The van der Waals surface area contributed by atoms with Gasteiger partial charge in [0.05, 0.1) is 0 Å². The second-order valence-electron chi connectivity index (χ2n) is 5.17. The Morgan fingerprint density at radius 3 is 2.12 bits per heavy atom. The van der Waals surface area contributed by atoms with Gasteiger partial charge >= 0.3 is 0 Å². The van der Waals surface area contributed by atoms with Crippen LogP contribution in [0.2, 0.25) is 0 Å². The van der Waals surface area contributed by atoms with Crippen LogP contribution >= 0.6 is 11.3 Å². The van der Waals surface area contributed by atoms with Crippen molar-refractivity contribution in [3.8, 4) is 10.4 Å². The third kappa shape index (κ3) is 6.66. The molecule has 1 aliphatic rings. The first-order valence-electron chi connectivity index (χ1n) is 7.27. The molecule has 0 atom stereocenters. The largest absolute Gasteiger partial charge is 0.368 e. The summed E-state index contributed by atoms with van der Waals surface area (Å²) >= 11 is 1.86. The molecule has 0 radical (unpaired) electrons. The van der Waals surface area contributed by atoms with E-state index >= 15 is 0 Å². The van der Waals surface area contributed by atoms with E-state index in [1.165, 1.54) is 20.7 Å². The maximum Gasteiger partial charge on any atom is 0.256 e. The van der Waals surface area contributed by atoms with E-state index in [4.69, 9.17) is 23.4 Å². The second kappa shape index (κ2) is 8.68. The Morgan fingerprint density at radius 1 is 0.958 bits per heavy atom. The van der Waals surface area contributed by atoms with E-state index in [1.54, 1.807) is 0 Å². The molecular weight excluding hydrogens is 354 g/mol. The summed E-state index contributed by atoms with van der Waals surface area (Å²) in [6, 6.07) is 15.3. The van der Waals surface area contributed by atoms with Crippen LogP contribution in [-0.2, 0) is 4.74 Å². The van der Waals surface area contributed by atoms with Crippen LogP contribution in [0.1, 0.15) is 5.56 Å². The molecule has 3 rings (SSSR count). The first-order chi connectivity index (χ1) is 11.3. The van der Waals surface area contributed by atoms with Crippen molar-refractivity contribution >= 4 is 11.3 Å². The Labute approximate surface area is 146 Å². The zero-order valence-corrected chi connectivity index (χ0v) is 14.7. The van der Waals surface area contributed by atoms with Gasteiger partial charge < -0.3 is 4.74 Å². The highest BCUT2D eigenvalue weighted by molar-refractivity contribution is 7.12. The summed E-state index contributed by atoms with van der Waals surface area (Å²) in [5.74, 6) is 0. The Balaban J connectivity index is 0.000000368. The van der Waals surface area contributed by atoms with Gasteiger partial charge in [-0.1, -0.05) is 47.2 Å². The smallest absolute Gasteiger partial charge is 0.256 e. The summed E-state index contributed by atoms with van der Waals surface area (Å²) in [7, 11) is -4.94. The number of aryl methyl sites for hydroxylation is 1. The van der Waals surface area contributed by atoms with Gasteiger partial charge in [-0.15, -0.1) is 10.2 Å². The number of hydrogen-bond acceptors (Lipinski definition) is 6. The number of rotatable bonds is 1. The van der Waals surface area contributed by atoms with E-state index in [0.717, 1.165) is 26.3 Å². The lowest BCUT2D eigenvalue weighted by Gasteiger charge is -2.17. The monoisotopic (exact) mass is 371 g/mol. The molecule has 1 aromatic heterocycles. The predicted octanol–water partition coefficient (Wildman–Crippen LogP) is -2.23. The lowest BCUT2D eigenvalue weighted by Crippen LogP contribution is -2.68. The van der Waals surface area contributed by atoms with E-state index in [9.17, 15) is 0 Å². The second-order valence-corrected chi connectivity index (χ2v) is 6.99. The molecule has 2 aromatic rings. The number of ether oxygens (including phenoxy) is 1. The molecular formula is C16H18ClNO5S. The van der Waals surface area contributed by atoms with Crippen molar-refractivity contribution in [3.05, 3.63) is 52.7 Å². The van der Waals surface area contributed by atoms with Gasteiger partial charge in [-0.25, -0.2) is 23.2 Å². The standard InChI is InChI=1S/C16H18NOS.ClHO4/c1-13-5-7-14(8-6-13)15-3-2-4-16(19-15)17-9-11-18-12-10-17;2-1(3,4)5/h2-8H,9-12H2,1H3;(H,2,3,4,5)/q+1;/p-1. The van der Waals surface area contributed by atoms with Gasteiger partial charge in [0.25, 0.3) is 4.67 Å². The first-order valence-corrected chi connectivity index (χ1v) is 9.33. The van der Waals surface area contributed by atoms with Crippen LogP contribution in [0.4, 0.5) is 0 Å². The Morgan fingerprint density at radius 2 is 1.54 bits per heavy atom. The maximum absolute atomic E-state index is 8.49. The number of benzene rings is 1. The van der Waals surface area contributed by atoms with Crippen LogP contribution in [0, 0.1) is 17.2 Å². The lowest BCUT2D eigenvalue weighted by atomic mass is 10.1. The summed E-state index contributed by atoms with van der Waals surface area (Å²) in [4.78, 5) is 1.32. The van der Waals surface area contributed by atoms with Crippen molar-refractivity contribution in [3.63, 3.8) is 0 Å². The fourth-order valence-electron chi connectivity index (χ4n) is 2.23. The predicted molar refractivity (Wildman–Crippen MR) is 80.3 cm³/mol. The SMILES string of the molecule is Cc1ccc(-c2cccc(=[N+]3CCOCC3)s2)cc1.[O-][Cl+3]([O-])([O-])[O-]. The summed E-state index contributed by atoms with van der Waals surface area (Å²) < 4.78 is 43.1. The number of morpholine rings is 1. The molecule has 0 bridgehead atoms. The Kier molecular flexibility index (Phi) is 6.88. The van der Waals surface area contributed by atoms with E-state index < -0.39 is 10.2 Å². The molecule has 1 saturated heterocycles. The van der Waals surface area contributed by atoms with Gasteiger partial charge in [0.1, 0.15) is 13.2 Å². The summed E-state index contributed by atoms with van der Waals surface area (Å²) in [6.07, 6.45) is 0.